The van der Waals surface area contributed by atoms with E-state index >= 15 is 0 Å². The number of thiophene rings is 1. The smallest absolute Gasteiger partial charge is 0.163 e. The van der Waals surface area contributed by atoms with Crippen LogP contribution in [0, 0.1) is 13.8 Å². The van der Waals surface area contributed by atoms with Gasteiger partial charge in [-0.2, -0.15) is 5.10 Å². The second-order valence-electron chi connectivity index (χ2n) is 5.29. The molecule has 0 radical (unpaired) electrons. The number of hydrogen-bond donors (Lipinski definition) is 2. The van der Waals surface area contributed by atoms with Crippen molar-refractivity contribution in [2.24, 2.45) is 0 Å². The molecule has 116 valence electrons. The average molecular weight is 317 g/mol. The molecule has 2 N–H and O–H groups in total. The zero-order valence-electron chi connectivity index (χ0n) is 12.9. The Balaban J connectivity index is 1.92. The van der Waals surface area contributed by atoms with Gasteiger partial charge in [0, 0.05) is 9.75 Å². The van der Waals surface area contributed by atoms with E-state index in [0.29, 0.717) is 6.54 Å². The van der Waals surface area contributed by atoms with Gasteiger partial charge >= 0.3 is 0 Å². The molecular weight excluding hydrogens is 298 g/mol. The zero-order chi connectivity index (χ0) is 15.7. The SMILES string of the molecule is Cc1cc([C@H](C)Nc2ncnc3c2cnn3CCO)c(C)s1. The predicted molar refractivity (Wildman–Crippen MR) is 88.2 cm³/mol. The van der Waals surface area contributed by atoms with Gasteiger partial charge in [-0.1, -0.05) is 0 Å². The third-order valence-electron chi connectivity index (χ3n) is 3.64. The normalized spacial score (nSPS) is 12.7. The lowest BCUT2D eigenvalue weighted by Crippen LogP contribution is -2.09. The molecule has 3 heterocycles. The van der Waals surface area contributed by atoms with E-state index < -0.39 is 0 Å². The third-order valence-corrected chi connectivity index (χ3v) is 4.63. The molecule has 0 unspecified atom stereocenters. The van der Waals surface area contributed by atoms with Gasteiger partial charge in [0.1, 0.15) is 12.1 Å². The van der Waals surface area contributed by atoms with Crippen molar-refractivity contribution in [3.8, 4) is 0 Å². The van der Waals surface area contributed by atoms with Gasteiger partial charge in [-0.3, -0.25) is 0 Å². The molecule has 0 bridgehead atoms. The minimum Gasteiger partial charge on any atom is -0.394 e. The number of aliphatic hydroxyl groups is 1. The van der Waals surface area contributed by atoms with E-state index in [0.717, 1.165) is 16.9 Å². The van der Waals surface area contributed by atoms with Gasteiger partial charge in [-0.05, 0) is 32.4 Å². The third kappa shape index (κ3) is 2.69. The van der Waals surface area contributed by atoms with E-state index in [1.165, 1.54) is 21.6 Å². The number of nitrogens with one attached hydrogen (secondary N) is 1. The fraction of sp³-hybridized carbons (Fsp3) is 0.400. The molecule has 22 heavy (non-hydrogen) atoms. The van der Waals surface area contributed by atoms with E-state index in [9.17, 15) is 0 Å². The van der Waals surface area contributed by atoms with Gasteiger partial charge in [0.15, 0.2) is 5.65 Å². The van der Waals surface area contributed by atoms with Crippen molar-refractivity contribution in [2.45, 2.75) is 33.4 Å². The van der Waals surface area contributed by atoms with Crippen LogP contribution < -0.4 is 5.32 Å². The molecule has 0 spiro atoms. The fourth-order valence-corrected chi connectivity index (χ4v) is 3.65. The molecule has 0 fully saturated rings. The Labute approximate surface area is 132 Å². The number of nitrogens with zero attached hydrogens (tertiary/aromatic N) is 4. The summed E-state index contributed by atoms with van der Waals surface area (Å²) in [6.45, 7) is 6.85. The highest BCUT2D eigenvalue weighted by Gasteiger charge is 2.15. The van der Waals surface area contributed by atoms with Crippen molar-refractivity contribution in [3.63, 3.8) is 0 Å². The number of aryl methyl sites for hydroxylation is 2. The van der Waals surface area contributed by atoms with Crippen molar-refractivity contribution in [1.82, 2.24) is 19.7 Å². The van der Waals surface area contributed by atoms with E-state index in [-0.39, 0.29) is 12.6 Å². The van der Waals surface area contributed by atoms with Crippen LogP contribution in [0.4, 0.5) is 5.82 Å². The van der Waals surface area contributed by atoms with E-state index in [4.69, 9.17) is 5.11 Å². The van der Waals surface area contributed by atoms with Crippen LogP contribution in [0.3, 0.4) is 0 Å². The largest absolute Gasteiger partial charge is 0.394 e. The van der Waals surface area contributed by atoms with Crippen molar-refractivity contribution in [3.05, 3.63) is 33.9 Å². The number of rotatable bonds is 5. The Kier molecular flexibility index (Phi) is 4.08. The Morgan fingerprint density at radius 3 is 2.86 bits per heavy atom. The highest BCUT2D eigenvalue weighted by Crippen LogP contribution is 2.29. The Morgan fingerprint density at radius 2 is 2.18 bits per heavy atom. The zero-order valence-corrected chi connectivity index (χ0v) is 13.7. The molecule has 0 aliphatic rings. The molecule has 0 saturated heterocycles. The second kappa shape index (κ2) is 6.02. The summed E-state index contributed by atoms with van der Waals surface area (Å²) in [7, 11) is 0. The summed E-state index contributed by atoms with van der Waals surface area (Å²) in [4.78, 5) is 11.2. The van der Waals surface area contributed by atoms with Crippen LogP contribution in [0.15, 0.2) is 18.6 Å². The molecule has 1 atom stereocenters. The van der Waals surface area contributed by atoms with Crippen LogP contribution in [-0.2, 0) is 6.54 Å². The minimum atomic E-state index is 0.0350. The van der Waals surface area contributed by atoms with Crippen molar-refractivity contribution < 1.29 is 5.11 Å². The molecule has 3 rings (SSSR count). The standard InChI is InChI=1S/C15H19N5OS/c1-9-6-12(11(3)22-9)10(2)19-14-13-7-18-20(4-5-21)15(13)17-8-16-14/h6-8,10,21H,4-5H2,1-3H3,(H,16,17,19)/t10-/m0/s1. The first-order chi connectivity index (χ1) is 10.6. The molecule has 3 aromatic heterocycles. The van der Waals surface area contributed by atoms with E-state index in [1.807, 2.05) is 0 Å². The van der Waals surface area contributed by atoms with E-state index in [2.05, 4.69) is 47.2 Å². The highest BCUT2D eigenvalue weighted by atomic mass is 32.1. The van der Waals surface area contributed by atoms with Crippen molar-refractivity contribution in [2.75, 3.05) is 11.9 Å². The summed E-state index contributed by atoms with van der Waals surface area (Å²) in [6.07, 6.45) is 3.27. The Hall–Kier alpha value is -1.99. The molecule has 6 nitrogen and oxygen atoms in total. The van der Waals surface area contributed by atoms with Crippen LogP contribution in [0.2, 0.25) is 0 Å². The fourth-order valence-electron chi connectivity index (χ4n) is 2.63. The highest BCUT2D eigenvalue weighted by molar-refractivity contribution is 7.12. The van der Waals surface area contributed by atoms with Crippen LogP contribution in [0.25, 0.3) is 11.0 Å². The summed E-state index contributed by atoms with van der Waals surface area (Å²) in [6, 6.07) is 2.37. The van der Waals surface area contributed by atoms with Gasteiger partial charge in [0.25, 0.3) is 0 Å². The van der Waals surface area contributed by atoms with Crippen LogP contribution >= 0.6 is 11.3 Å². The van der Waals surface area contributed by atoms with Crippen molar-refractivity contribution in [1.29, 1.82) is 0 Å². The maximum absolute atomic E-state index is 9.08. The summed E-state index contributed by atoms with van der Waals surface area (Å²) in [5.74, 6) is 0.768. The van der Waals surface area contributed by atoms with Crippen LogP contribution in [0.5, 0.6) is 0 Å². The molecule has 0 aliphatic heterocycles. The monoisotopic (exact) mass is 317 g/mol. The van der Waals surface area contributed by atoms with Gasteiger partial charge in [0.05, 0.1) is 30.8 Å². The summed E-state index contributed by atoms with van der Waals surface area (Å²) >= 11 is 1.81. The minimum absolute atomic E-state index is 0.0350. The number of aromatic nitrogens is 4. The molecule has 0 aliphatic carbocycles. The maximum Gasteiger partial charge on any atom is 0.163 e. The number of fused-ring (bicyclic) bond motifs is 1. The molecule has 3 aromatic rings. The van der Waals surface area contributed by atoms with E-state index in [1.54, 1.807) is 22.2 Å². The summed E-state index contributed by atoms with van der Waals surface area (Å²) < 4.78 is 1.69. The maximum atomic E-state index is 9.08. The van der Waals surface area contributed by atoms with Crippen molar-refractivity contribution >= 4 is 28.2 Å². The van der Waals surface area contributed by atoms with Crippen LogP contribution in [0.1, 0.15) is 28.3 Å². The summed E-state index contributed by atoms with van der Waals surface area (Å²) in [5, 5.41) is 17.7. The molecule has 7 heteroatoms. The van der Waals surface area contributed by atoms with Gasteiger partial charge in [-0.15, -0.1) is 11.3 Å². The Morgan fingerprint density at radius 1 is 1.36 bits per heavy atom. The van der Waals surface area contributed by atoms with Gasteiger partial charge < -0.3 is 10.4 Å². The first-order valence-electron chi connectivity index (χ1n) is 7.21. The first kappa shape index (κ1) is 14.9. The number of anilines is 1. The molecule has 0 amide bonds. The molecular formula is C15H19N5OS. The lowest BCUT2D eigenvalue weighted by molar-refractivity contribution is 0.271. The predicted octanol–water partition coefficient (Wildman–Crippen LogP) is 2.67. The molecule has 0 aromatic carbocycles. The number of aliphatic hydroxyl groups excluding tert-OH is 1. The van der Waals surface area contributed by atoms with Gasteiger partial charge in [-0.25, -0.2) is 14.6 Å². The van der Waals surface area contributed by atoms with Gasteiger partial charge in [0.2, 0.25) is 0 Å². The average Bonchev–Trinajstić information content (AvgIpc) is 3.04. The number of hydrogen-bond acceptors (Lipinski definition) is 6. The summed E-state index contributed by atoms with van der Waals surface area (Å²) in [5.41, 5.74) is 2.02. The lowest BCUT2D eigenvalue weighted by atomic mass is 10.1. The quantitative estimate of drug-likeness (QED) is 0.756. The second-order valence-corrected chi connectivity index (χ2v) is 6.75. The lowest BCUT2D eigenvalue weighted by Gasteiger charge is -2.15. The first-order valence-corrected chi connectivity index (χ1v) is 8.02. The Bertz CT molecular complexity index is 794. The molecule has 0 saturated carbocycles. The van der Waals surface area contributed by atoms with Crippen LogP contribution in [-0.4, -0.2) is 31.5 Å². The topological polar surface area (TPSA) is 75.9 Å².